The predicted molar refractivity (Wildman–Crippen MR) is 49.3 cm³/mol. The summed E-state index contributed by atoms with van der Waals surface area (Å²) in [5.41, 5.74) is 5.28. The number of hydrogen-bond acceptors (Lipinski definition) is 3. The fourth-order valence-corrected chi connectivity index (χ4v) is 1.21. The minimum absolute atomic E-state index is 0.336. The molecule has 0 aliphatic rings. The average Bonchev–Trinajstić information content (AvgIpc) is 2.10. The molecule has 0 aromatic carbocycles. The molecular weight excluding hydrogens is 170 g/mol. The molecule has 0 aliphatic carbocycles. The van der Waals surface area contributed by atoms with Crippen LogP contribution in [0.1, 0.15) is 32.1 Å². The summed E-state index contributed by atoms with van der Waals surface area (Å²) in [7, 11) is 0. The van der Waals surface area contributed by atoms with Gasteiger partial charge < -0.3 is 15.6 Å². The third kappa shape index (κ3) is 6.28. The zero-order valence-corrected chi connectivity index (χ0v) is 7.74. The van der Waals surface area contributed by atoms with Gasteiger partial charge in [0.25, 0.3) is 0 Å². The van der Waals surface area contributed by atoms with Gasteiger partial charge >= 0.3 is 5.97 Å². The number of rotatable bonds is 8. The van der Waals surface area contributed by atoms with Gasteiger partial charge in [0.15, 0.2) is 0 Å². The van der Waals surface area contributed by atoms with Gasteiger partial charge in [-0.25, -0.2) is 0 Å². The lowest BCUT2D eigenvalue weighted by atomic mass is 9.98. The van der Waals surface area contributed by atoms with Crippen molar-refractivity contribution in [2.75, 3.05) is 6.54 Å². The number of carbonyl (C=O) groups excluding carboxylic acids is 1. The van der Waals surface area contributed by atoms with Crippen molar-refractivity contribution in [2.24, 2.45) is 11.7 Å². The molecule has 0 aromatic heterocycles. The maximum Gasteiger partial charge on any atom is 0.306 e. The Morgan fingerprint density at radius 1 is 1.38 bits per heavy atom. The van der Waals surface area contributed by atoms with Gasteiger partial charge in [-0.05, 0) is 25.8 Å². The van der Waals surface area contributed by atoms with Gasteiger partial charge in [0.05, 0.1) is 5.92 Å². The largest absolute Gasteiger partial charge is 0.481 e. The smallest absolute Gasteiger partial charge is 0.306 e. The molecule has 0 spiro atoms. The van der Waals surface area contributed by atoms with Crippen LogP contribution in [0.4, 0.5) is 0 Å². The summed E-state index contributed by atoms with van der Waals surface area (Å²) in [6.07, 6.45) is 4.10. The van der Waals surface area contributed by atoms with Crippen molar-refractivity contribution >= 4 is 12.3 Å². The number of carboxylic acid groups (broad SMARTS) is 1. The van der Waals surface area contributed by atoms with Crippen LogP contribution in [0.2, 0.25) is 0 Å². The summed E-state index contributed by atoms with van der Waals surface area (Å²) in [4.78, 5) is 20.6. The minimum atomic E-state index is -0.781. The van der Waals surface area contributed by atoms with Crippen molar-refractivity contribution in [2.45, 2.75) is 32.1 Å². The van der Waals surface area contributed by atoms with Crippen LogP contribution < -0.4 is 5.73 Å². The van der Waals surface area contributed by atoms with Crippen LogP contribution in [0.5, 0.6) is 0 Å². The van der Waals surface area contributed by atoms with Crippen LogP contribution in [-0.2, 0) is 9.59 Å². The Hall–Kier alpha value is -0.900. The van der Waals surface area contributed by atoms with E-state index >= 15 is 0 Å². The molecule has 0 bridgehead atoms. The zero-order valence-electron chi connectivity index (χ0n) is 7.74. The SMILES string of the molecule is NCCC(CCCCC=O)C(=O)O. The highest BCUT2D eigenvalue weighted by Gasteiger charge is 2.15. The number of aliphatic carboxylic acids is 1. The lowest BCUT2D eigenvalue weighted by molar-refractivity contribution is -0.142. The highest BCUT2D eigenvalue weighted by molar-refractivity contribution is 5.69. The van der Waals surface area contributed by atoms with Gasteiger partial charge in [-0.1, -0.05) is 6.42 Å². The second-order valence-electron chi connectivity index (χ2n) is 3.06. The highest BCUT2D eigenvalue weighted by atomic mass is 16.4. The van der Waals surface area contributed by atoms with E-state index in [4.69, 9.17) is 10.8 Å². The van der Waals surface area contributed by atoms with E-state index in [0.717, 1.165) is 19.1 Å². The van der Waals surface area contributed by atoms with Crippen LogP contribution in [0.3, 0.4) is 0 Å². The molecule has 0 amide bonds. The number of carbonyl (C=O) groups is 2. The summed E-state index contributed by atoms with van der Waals surface area (Å²) in [5, 5.41) is 8.74. The third-order valence-corrected chi connectivity index (χ3v) is 1.99. The van der Waals surface area contributed by atoms with Crippen molar-refractivity contribution in [1.29, 1.82) is 0 Å². The van der Waals surface area contributed by atoms with E-state index in [9.17, 15) is 9.59 Å². The van der Waals surface area contributed by atoms with Gasteiger partial charge in [-0.2, -0.15) is 0 Å². The first-order valence-corrected chi connectivity index (χ1v) is 4.59. The maximum atomic E-state index is 10.6. The quantitative estimate of drug-likeness (QED) is 0.435. The first kappa shape index (κ1) is 12.1. The molecule has 3 N–H and O–H groups in total. The van der Waals surface area contributed by atoms with E-state index in [1.54, 1.807) is 0 Å². The van der Waals surface area contributed by atoms with E-state index in [2.05, 4.69) is 0 Å². The van der Waals surface area contributed by atoms with Crippen LogP contribution in [-0.4, -0.2) is 23.9 Å². The summed E-state index contributed by atoms with van der Waals surface area (Å²) >= 11 is 0. The van der Waals surface area contributed by atoms with E-state index in [0.29, 0.717) is 25.8 Å². The summed E-state index contributed by atoms with van der Waals surface area (Å²) in [6, 6.07) is 0. The Morgan fingerprint density at radius 2 is 2.08 bits per heavy atom. The molecule has 4 heteroatoms. The molecule has 1 atom stereocenters. The summed E-state index contributed by atoms with van der Waals surface area (Å²) in [6.45, 7) is 0.407. The van der Waals surface area contributed by atoms with Crippen molar-refractivity contribution in [3.63, 3.8) is 0 Å². The first-order chi connectivity index (χ1) is 6.22. The Bertz CT molecular complexity index is 159. The third-order valence-electron chi connectivity index (χ3n) is 1.99. The van der Waals surface area contributed by atoms with Gasteiger partial charge in [0.1, 0.15) is 6.29 Å². The number of aldehydes is 1. The molecule has 0 saturated heterocycles. The Balaban J connectivity index is 3.56. The van der Waals surface area contributed by atoms with Gasteiger partial charge in [0, 0.05) is 6.42 Å². The molecule has 0 heterocycles. The summed E-state index contributed by atoms with van der Waals surface area (Å²) in [5.74, 6) is -1.12. The molecule has 4 nitrogen and oxygen atoms in total. The zero-order chi connectivity index (χ0) is 10.1. The fraction of sp³-hybridized carbons (Fsp3) is 0.778. The second kappa shape index (κ2) is 7.73. The van der Waals surface area contributed by atoms with Crippen LogP contribution in [0.25, 0.3) is 0 Å². The molecule has 0 rings (SSSR count). The number of nitrogens with two attached hydrogens (primary N) is 1. The first-order valence-electron chi connectivity index (χ1n) is 4.59. The molecule has 0 aromatic rings. The van der Waals surface area contributed by atoms with Gasteiger partial charge in [0.2, 0.25) is 0 Å². The highest BCUT2D eigenvalue weighted by Crippen LogP contribution is 2.12. The van der Waals surface area contributed by atoms with Crippen molar-refractivity contribution in [3.05, 3.63) is 0 Å². The standard InChI is InChI=1S/C9H17NO3/c10-6-5-8(9(12)13)4-2-1-3-7-11/h7-8H,1-6,10H2,(H,12,13). The Morgan fingerprint density at radius 3 is 2.54 bits per heavy atom. The summed E-state index contributed by atoms with van der Waals surface area (Å²) < 4.78 is 0. The van der Waals surface area contributed by atoms with Crippen molar-refractivity contribution in [1.82, 2.24) is 0 Å². The van der Waals surface area contributed by atoms with Crippen LogP contribution >= 0.6 is 0 Å². The lowest BCUT2D eigenvalue weighted by Gasteiger charge is -2.09. The molecule has 1 unspecified atom stereocenters. The molecule has 13 heavy (non-hydrogen) atoms. The second-order valence-corrected chi connectivity index (χ2v) is 3.06. The average molecular weight is 187 g/mol. The number of unbranched alkanes of at least 4 members (excludes halogenated alkanes) is 2. The van der Waals surface area contributed by atoms with E-state index in [1.807, 2.05) is 0 Å². The maximum absolute atomic E-state index is 10.6. The van der Waals surface area contributed by atoms with E-state index in [1.165, 1.54) is 0 Å². The lowest BCUT2D eigenvalue weighted by Crippen LogP contribution is -2.17. The number of carboxylic acids is 1. The molecule has 0 fully saturated rings. The van der Waals surface area contributed by atoms with Crippen molar-refractivity contribution < 1.29 is 14.7 Å². The molecule has 0 saturated carbocycles. The molecular formula is C9H17NO3. The van der Waals surface area contributed by atoms with Crippen LogP contribution in [0.15, 0.2) is 0 Å². The van der Waals surface area contributed by atoms with Crippen molar-refractivity contribution in [3.8, 4) is 0 Å². The fourth-order valence-electron chi connectivity index (χ4n) is 1.21. The van der Waals surface area contributed by atoms with E-state index in [-0.39, 0.29) is 5.92 Å². The molecule has 76 valence electrons. The monoisotopic (exact) mass is 187 g/mol. The Labute approximate surface area is 78.1 Å². The normalized spacial score (nSPS) is 12.4. The van der Waals surface area contributed by atoms with E-state index < -0.39 is 5.97 Å². The molecule has 0 radical (unpaired) electrons. The van der Waals surface area contributed by atoms with Gasteiger partial charge in [-0.3, -0.25) is 4.79 Å². The molecule has 0 aliphatic heterocycles. The predicted octanol–water partition coefficient (Wildman–Crippen LogP) is 0.795. The Kier molecular flexibility index (Phi) is 7.20. The van der Waals surface area contributed by atoms with Crippen LogP contribution in [0, 0.1) is 5.92 Å². The van der Waals surface area contributed by atoms with Gasteiger partial charge in [-0.15, -0.1) is 0 Å². The number of hydrogen-bond donors (Lipinski definition) is 2. The minimum Gasteiger partial charge on any atom is -0.481 e. The topological polar surface area (TPSA) is 80.4 Å².